The van der Waals surface area contributed by atoms with Crippen LogP contribution in [0.15, 0.2) is 54.6 Å². The molecule has 1 amide bonds. The summed E-state index contributed by atoms with van der Waals surface area (Å²) in [4.78, 5) is 23.2. The largest absolute Gasteiger partial charge is 0.480 e. The van der Waals surface area contributed by atoms with E-state index in [1.807, 2.05) is 6.07 Å². The minimum Gasteiger partial charge on any atom is -0.480 e. The molecule has 124 valence electrons. The van der Waals surface area contributed by atoms with Crippen molar-refractivity contribution in [2.45, 2.75) is 19.4 Å². The van der Waals surface area contributed by atoms with Gasteiger partial charge >= 0.3 is 5.97 Å². The number of rotatable bonds is 6. The van der Waals surface area contributed by atoms with Gasteiger partial charge in [-0.15, -0.1) is 0 Å². The minimum absolute atomic E-state index is 0.175. The van der Waals surface area contributed by atoms with Gasteiger partial charge in [-0.25, -0.2) is 9.18 Å². The van der Waals surface area contributed by atoms with E-state index in [4.69, 9.17) is 0 Å². The Kier molecular flexibility index (Phi) is 5.84. The van der Waals surface area contributed by atoms with Gasteiger partial charge in [-0.1, -0.05) is 42.5 Å². The molecule has 5 heteroatoms. The number of carbonyl (C=O) groups excluding carboxylic acids is 1. The van der Waals surface area contributed by atoms with Crippen molar-refractivity contribution in [1.82, 2.24) is 5.32 Å². The van der Waals surface area contributed by atoms with Crippen molar-refractivity contribution >= 4 is 18.0 Å². The zero-order chi connectivity index (χ0) is 17.5. The standard InChI is InChI=1S/C19H18FNO3/c1-13-7-8-15(16(20)11-13)9-10-18(22)21-17(19(23)24)12-14-5-3-2-4-6-14/h2-11,17H,12H2,1H3,(H,21,22)(H,23,24)/b10-9+. The van der Waals surface area contributed by atoms with E-state index in [2.05, 4.69) is 5.32 Å². The fraction of sp³-hybridized carbons (Fsp3) is 0.158. The quantitative estimate of drug-likeness (QED) is 0.802. The van der Waals surface area contributed by atoms with Gasteiger partial charge in [0.2, 0.25) is 5.91 Å². The predicted molar refractivity (Wildman–Crippen MR) is 89.9 cm³/mol. The first kappa shape index (κ1) is 17.4. The second-order valence-corrected chi connectivity index (χ2v) is 5.45. The van der Waals surface area contributed by atoms with Crippen LogP contribution in [0.2, 0.25) is 0 Å². The molecule has 2 aromatic carbocycles. The molecule has 0 aromatic heterocycles. The molecular weight excluding hydrogens is 309 g/mol. The summed E-state index contributed by atoms with van der Waals surface area (Å²) in [6, 6.07) is 12.6. The van der Waals surface area contributed by atoms with Gasteiger partial charge in [-0.2, -0.15) is 0 Å². The molecule has 2 aromatic rings. The number of carboxylic acid groups (broad SMARTS) is 1. The summed E-state index contributed by atoms with van der Waals surface area (Å²) < 4.78 is 13.7. The molecule has 2 N–H and O–H groups in total. The molecule has 24 heavy (non-hydrogen) atoms. The summed E-state index contributed by atoms with van der Waals surface area (Å²) in [6.07, 6.45) is 2.63. The Hall–Kier alpha value is -2.95. The van der Waals surface area contributed by atoms with Crippen molar-refractivity contribution in [2.24, 2.45) is 0 Å². The van der Waals surface area contributed by atoms with Gasteiger partial charge in [0, 0.05) is 18.1 Å². The first-order valence-corrected chi connectivity index (χ1v) is 7.47. The molecule has 4 nitrogen and oxygen atoms in total. The topological polar surface area (TPSA) is 66.4 Å². The van der Waals surface area contributed by atoms with Crippen molar-refractivity contribution in [3.05, 3.63) is 77.1 Å². The zero-order valence-electron chi connectivity index (χ0n) is 13.2. The number of nitrogens with one attached hydrogen (secondary N) is 1. The summed E-state index contributed by atoms with van der Waals surface area (Å²) in [5.41, 5.74) is 1.85. The lowest BCUT2D eigenvalue weighted by molar-refractivity contribution is -0.141. The predicted octanol–water partition coefficient (Wildman–Crippen LogP) is 2.96. The number of carboxylic acids is 1. The molecule has 1 atom stereocenters. The third kappa shape index (κ3) is 5.05. The van der Waals surface area contributed by atoms with Crippen molar-refractivity contribution in [2.75, 3.05) is 0 Å². The minimum atomic E-state index is -1.12. The Morgan fingerprint density at radius 1 is 1.21 bits per heavy atom. The van der Waals surface area contributed by atoms with E-state index in [1.165, 1.54) is 12.1 Å². The second kappa shape index (κ2) is 8.06. The number of benzene rings is 2. The number of aryl methyl sites for hydroxylation is 1. The fourth-order valence-electron chi connectivity index (χ4n) is 2.20. The number of hydrogen-bond acceptors (Lipinski definition) is 2. The van der Waals surface area contributed by atoms with Gasteiger partial charge in [0.25, 0.3) is 0 Å². The molecule has 0 aliphatic rings. The van der Waals surface area contributed by atoms with Crippen LogP contribution in [0.5, 0.6) is 0 Å². The Morgan fingerprint density at radius 3 is 2.54 bits per heavy atom. The summed E-state index contributed by atoms with van der Waals surface area (Å²) in [6.45, 7) is 1.77. The molecule has 2 rings (SSSR count). The Balaban J connectivity index is 2.02. The molecule has 0 saturated heterocycles. The van der Waals surface area contributed by atoms with Gasteiger partial charge < -0.3 is 10.4 Å². The van der Waals surface area contributed by atoms with Crippen LogP contribution in [0.1, 0.15) is 16.7 Å². The third-order valence-electron chi connectivity index (χ3n) is 3.47. The molecule has 0 saturated carbocycles. The SMILES string of the molecule is Cc1ccc(/C=C/C(=O)NC(Cc2ccccc2)C(=O)O)c(F)c1. The van der Waals surface area contributed by atoms with Gasteiger partial charge in [-0.3, -0.25) is 4.79 Å². The lowest BCUT2D eigenvalue weighted by Gasteiger charge is -2.13. The van der Waals surface area contributed by atoms with Crippen LogP contribution < -0.4 is 5.32 Å². The van der Waals surface area contributed by atoms with Crippen molar-refractivity contribution in [1.29, 1.82) is 0 Å². The van der Waals surface area contributed by atoms with E-state index >= 15 is 0 Å². The Labute approximate surface area is 139 Å². The zero-order valence-corrected chi connectivity index (χ0v) is 13.2. The summed E-state index contributed by atoms with van der Waals surface area (Å²) in [5.74, 6) is -2.14. The van der Waals surface area contributed by atoms with Gasteiger partial charge in [0.15, 0.2) is 0 Å². The first-order valence-electron chi connectivity index (χ1n) is 7.47. The molecule has 0 aliphatic carbocycles. The molecule has 0 spiro atoms. The highest BCUT2D eigenvalue weighted by Gasteiger charge is 2.19. The van der Waals surface area contributed by atoms with Gasteiger partial charge in [-0.05, 0) is 30.2 Å². The highest BCUT2D eigenvalue weighted by molar-refractivity contribution is 5.94. The molecule has 0 aliphatic heterocycles. The molecule has 0 bridgehead atoms. The lowest BCUT2D eigenvalue weighted by atomic mass is 10.1. The molecular formula is C19H18FNO3. The average molecular weight is 327 g/mol. The lowest BCUT2D eigenvalue weighted by Crippen LogP contribution is -2.41. The highest BCUT2D eigenvalue weighted by atomic mass is 19.1. The smallest absolute Gasteiger partial charge is 0.326 e. The van der Waals surface area contributed by atoms with Crippen LogP contribution in [-0.2, 0) is 16.0 Å². The van der Waals surface area contributed by atoms with Crippen LogP contribution in [0.3, 0.4) is 0 Å². The first-order chi connectivity index (χ1) is 11.5. The van der Waals surface area contributed by atoms with E-state index in [1.54, 1.807) is 43.3 Å². The van der Waals surface area contributed by atoms with E-state index in [0.29, 0.717) is 0 Å². The maximum atomic E-state index is 13.7. The van der Waals surface area contributed by atoms with E-state index < -0.39 is 23.7 Å². The summed E-state index contributed by atoms with van der Waals surface area (Å²) >= 11 is 0. The molecule has 0 fully saturated rings. The fourth-order valence-corrected chi connectivity index (χ4v) is 2.20. The average Bonchev–Trinajstić information content (AvgIpc) is 2.54. The van der Waals surface area contributed by atoms with Gasteiger partial charge in [0.1, 0.15) is 11.9 Å². The van der Waals surface area contributed by atoms with E-state index in [9.17, 15) is 19.1 Å². The van der Waals surface area contributed by atoms with Crippen molar-refractivity contribution in [3.63, 3.8) is 0 Å². The van der Waals surface area contributed by atoms with Crippen molar-refractivity contribution < 1.29 is 19.1 Å². The third-order valence-corrected chi connectivity index (χ3v) is 3.47. The van der Waals surface area contributed by atoms with E-state index in [-0.39, 0.29) is 12.0 Å². The number of carbonyl (C=O) groups is 2. The van der Waals surface area contributed by atoms with E-state index in [0.717, 1.165) is 17.2 Å². The maximum Gasteiger partial charge on any atom is 0.326 e. The Morgan fingerprint density at radius 2 is 1.92 bits per heavy atom. The van der Waals surface area contributed by atoms with Crippen LogP contribution in [0, 0.1) is 12.7 Å². The maximum absolute atomic E-state index is 13.7. The molecule has 1 unspecified atom stereocenters. The van der Waals surface area contributed by atoms with Crippen LogP contribution in [-0.4, -0.2) is 23.0 Å². The van der Waals surface area contributed by atoms with Crippen molar-refractivity contribution in [3.8, 4) is 0 Å². The number of halogens is 1. The van der Waals surface area contributed by atoms with Gasteiger partial charge in [0.05, 0.1) is 0 Å². The summed E-state index contributed by atoms with van der Waals surface area (Å²) in [5, 5.41) is 11.7. The number of hydrogen-bond donors (Lipinski definition) is 2. The second-order valence-electron chi connectivity index (χ2n) is 5.45. The number of aliphatic carboxylic acids is 1. The number of amides is 1. The van der Waals surface area contributed by atoms with Crippen LogP contribution >= 0.6 is 0 Å². The molecule has 0 radical (unpaired) electrons. The monoisotopic (exact) mass is 327 g/mol. The Bertz CT molecular complexity index is 756. The van der Waals surface area contributed by atoms with Crippen LogP contribution in [0.4, 0.5) is 4.39 Å². The van der Waals surface area contributed by atoms with Crippen LogP contribution in [0.25, 0.3) is 6.08 Å². The normalized spacial score (nSPS) is 12.1. The highest BCUT2D eigenvalue weighted by Crippen LogP contribution is 2.11. The summed E-state index contributed by atoms with van der Waals surface area (Å²) in [7, 11) is 0. The molecule has 0 heterocycles.